The molecular weight excluding hydrogens is 337 g/mol. The molecule has 2 amide bonds. The van der Waals surface area contributed by atoms with Crippen molar-refractivity contribution in [3.05, 3.63) is 59.9 Å². The molecule has 0 bridgehead atoms. The third-order valence-corrected chi connectivity index (χ3v) is 3.55. The summed E-state index contributed by atoms with van der Waals surface area (Å²) in [6.45, 7) is 5.06. The number of hydrazine groups is 1. The standard InChI is InChI=1S/C19H22FN3O3/c1-13-4-8-15(9-5-13)21-12-17(24)22-23-18(25)19(2,3)26-16-10-6-14(20)7-11-16/h4-11,21H,12H2,1-3H3,(H,22,24)(H,23,25). The van der Waals surface area contributed by atoms with E-state index in [0.29, 0.717) is 5.75 Å². The second-order valence-electron chi connectivity index (χ2n) is 6.29. The summed E-state index contributed by atoms with van der Waals surface area (Å²) in [6, 6.07) is 12.9. The molecule has 0 spiro atoms. The summed E-state index contributed by atoms with van der Waals surface area (Å²) in [7, 11) is 0. The molecule has 0 unspecified atom stereocenters. The van der Waals surface area contributed by atoms with E-state index in [9.17, 15) is 14.0 Å². The lowest BCUT2D eigenvalue weighted by Gasteiger charge is -2.25. The van der Waals surface area contributed by atoms with Crippen molar-refractivity contribution in [1.82, 2.24) is 10.9 Å². The van der Waals surface area contributed by atoms with Gasteiger partial charge in [0.2, 0.25) is 0 Å². The highest BCUT2D eigenvalue weighted by Crippen LogP contribution is 2.18. The largest absolute Gasteiger partial charge is 0.478 e. The number of hydrogen-bond donors (Lipinski definition) is 3. The Kier molecular flexibility index (Phi) is 6.16. The minimum absolute atomic E-state index is 0.00257. The van der Waals surface area contributed by atoms with Crippen LogP contribution in [-0.2, 0) is 9.59 Å². The molecule has 0 aliphatic carbocycles. The zero-order valence-electron chi connectivity index (χ0n) is 14.9. The highest BCUT2D eigenvalue weighted by atomic mass is 19.1. The van der Waals surface area contributed by atoms with Crippen molar-refractivity contribution in [3.63, 3.8) is 0 Å². The maximum Gasteiger partial charge on any atom is 0.281 e. The van der Waals surface area contributed by atoms with Gasteiger partial charge in [0.25, 0.3) is 11.8 Å². The second-order valence-corrected chi connectivity index (χ2v) is 6.29. The molecule has 0 aliphatic rings. The third kappa shape index (κ3) is 5.77. The van der Waals surface area contributed by atoms with Crippen molar-refractivity contribution in [2.24, 2.45) is 0 Å². The predicted molar refractivity (Wildman–Crippen MR) is 97.1 cm³/mol. The molecule has 0 aromatic heterocycles. The average Bonchev–Trinajstić information content (AvgIpc) is 2.61. The van der Waals surface area contributed by atoms with Crippen molar-refractivity contribution < 1.29 is 18.7 Å². The van der Waals surface area contributed by atoms with Crippen LogP contribution < -0.4 is 20.9 Å². The molecule has 6 nitrogen and oxygen atoms in total. The first-order chi connectivity index (χ1) is 12.3. The van der Waals surface area contributed by atoms with Crippen LogP contribution in [0.5, 0.6) is 5.75 Å². The van der Waals surface area contributed by atoms with Crippen molar-refractivity contribution in [3.8, 4) is 5.75 Å². The number of benzene rings is 2. The molecule has 2 rings (SSSR count). The van der Waals surface area contributed by atoms with Crippen molar-refractivity contribution in [2.45, 2.75) is 26.4 Å². The first kappa shape index (κ1) is 19.2. The number of halogens is 1. The second kappa shape index (κ2) is 8.33. The Morgan fingerprint density at radius 1 is 1.00 bits per heavy atom. The molecule has 2 aromatic carbocycles. The minimum atomic E-state index is -1.25. The summed E-state index contributed by atoms with van der Waals surface area (Å²) < 4.78 is 18.5. The van der Waals surface area contributed by atoms with Crippen LogP contribution in [-0.4, -0.2) is 24.0 Å². The molecule has 0 aliphatic heterocycles. The highest BCUT2D eigenvalue weighted by Gasteiger charge is 2.30. The molecule has 0 radical (unpaired) electrons. The zero-order valence-corrected chi connectivity index (χ0v) is 14.9. The average molecular weight is 359 g/mol. The molecule has 26 heavy (non-hydrogen) atoms. The van der Waals surface area contributed by atoms with E-state index < -0.39 is 23.2 Å². The van der Waals surface area contributed by atoms with Gasteiger partial charge in [-0.05, 0) is 57.2 Å². The molecule has 138 valence electrons. The maximum atomic E-state index is 12.9. The van der Waals surface area contributed by atoms with Crippen LogP contribution in [0.25, 0.3) is 0 Å². The molecule has 3 N–H and O–H groups in total. The number of anilines is 1. The fraction of sp³-hybridized carbons (Fsp3) is 0.263. The summed E-state index contributed by atoms with van der Waals surface area (Å²) >= 11 is 0. The van der Waals surface area contributed by atoms with Crippen LogP contribution in [0, 0.1) is 12.7 Å². The predicted octanol–water partition coefficient (Wildman–Crippen LogP) is 2.55. The topological polar surface area (TPSA) is 79.5 Å². The van der Waals surface area contributed by atoms with Gasteiger partial charge < -0.3 is 10.1 Å². The van der Waals surface area contributed by atoms with E-state index in [2.05, 4.69) is 16.2 Å². The van der Waals surface area contributed by atoms with Crippen LogP contribution in [0.15, 0.2) is 48.5 Å². The van der Waals surface area contributed by atoms with E-state index in [1.165, 1.54) is 24.3 Å². The zero-order chi connectivity index (χ0) is 19.2. The number of carbonyl (C=O) groups excluding carboxylic acids is 2. The fourth-order valence-electron chi connectivity index (χ4n) is 2.02. The highest BCUT2D eigenvalue weighted by molar-refractivity contribution is 5.88. The summed E-state index contributed by atoms with van der Waals surface area (Å²) in [5.41, 5.74) is 5.32. The van der Waals surface area contributed by atoms with Gasteiger partial charge in [-0.25, -0.2) is 4.39 Å². The Morgan fingerprint density at radius 3 is 2.23 bits per heavy atom. The lowest BCUT2D eigenvalue weighted by atomic mass is 10.1. The number of nitrogens with one attached hydrogen (secondary N) is 3. The molecule has 2 aromatic rings. The number of amides is 2. The summed E-state index contributed by atoms with van der Waals surface area (Å²) in [4.78, 5) is 24.0. The monoisotopic (exact) mass is 359 g/mol. The minimum Gasteiger partial charge on any atom is -0.478 e. The van der Waals surface area contributed by atoms with E-state index in [-0.39, 0.29) is 6.54 Å². The maximum absolute atomic E-state index is 12.9. The van der Waals surface area contributed by atoms with Gasteiger partial charge in [0, 0.05) is 5.69 Å². The lowest BCUT2D eigenvalue weighted by Crippen LogP contribution is -2.53. The molecular formula is C19H22FN3O3. The fourth-order valence-corrected chi connectivity index (χ4v) is 2.02. The number of hydrogen-bond acceptors (Lipinski definition) is 4. The van der Waals surface area contributed by atoms with Gasteiger partial charge in [0.05, 0.1) is 6.54 Å². The van der Waals surface area contributed by atoms with Gasteiger partial charge in [0.1, 0.15) is 11.6 Å². The van der Waals surface area contributed by atoms with E-state index >= 15 is 0 Å². The van der Waals surface area contributed by atoms with Gasteiger partial charge in [-0.1, -0.05) is 17.7 Å². The first-order valence-electron chi connectivity index (χ1n) is 8.11. The van der Waals surface area contributed by atoms with Crippen LogP contribution in [0.2, 0.25) is 0 Å². The van der Waals surface area contributed by atoms with Gasteiger partial charge in [-0.2, -0.15) is 0 Å². The van der Waals surface area contributed by atoms with E-state index in [1.807, 2.05) is 31.2 Å². The van der Waals surface area contributed by atoms with Gasteiger partial charge >= 0.3 is 0 Å². The van der Waals surface area contributed by atoms with Crippen LogP contribution in [0.4, 0.5) is 10.1 Å². The third-order valence-electron chi connectivity index (χ3n) is 3.55. The number of carbonyl (C=O) groups is 2. The SMILES string of the molecule is Cc1ccc(NCC(=O)NNC(=O)C(C)(C)Oc2ccc(F)cc2)cc1. The van der Waals surface area contributed by atoms with Gasteiger partial charge in [-0.15, -0.1) is 0 Å². The van der Waals surface area contributed by atoms with Crippen LogP contribution in [0.1, 0.15) is 19.4 Å². The molecule has 0 fully saturated rings. The first-order valence-corrected chi connectivity index (χ1v) is 8.11. The molecule has 0 saturated carbocycles. The molecule has 0 atom stereocenters. The number of aryl methyl sites for hydroxylation is 1. The lowest BCUT2D eigenvalue weighted by molar-refractivity contribution is -0.137. The number of ether oxygens (including phenoxy) is 1. The quantitative estimate of drug-likeness (QED) is 0.693. The summed E-state index contributed by atoms with van der Waals surface area (Å²) in [5, 5.41) is 2.95. The van der Waals surface area contributed by atoms with Crippen LogP contribution >= 0.6 is 0 Å². The Balaban J connectivity index is 1.79. The Labute approximate surface area is 151 Å². The van der Waals surface area contributed by atoms with E-state index in [1.54, 1.807) is 13.8 Å². The van der Waals surface area contributed by atoms with E-state index in [0.717, 1.165) is 11.3 Å². The Bertz CT molecular complexity index is 759. The number of rotatable bonds is 6. The molecule has 0 heterocycles. The Hall–Kier alpha value is -3.09. The van der Waals surface area contributed by atoms with Crippen LogP contribution in [0.3, 0.4) is 0 Å². The van der Waals surface area contributed by atoms with E-state index in [4.69, 9.17) is 4.74 Å². The van der Waals surface area contributed by atoms with Crippen molar-refractivity contribution in [2.75, 3.05) is 11.9 Å². The molecule has 0 saturated heterocycles. The summed E-state index contributed by atoms with van der Waals surface area (Å²) in [6.07, 6.45) is 0. The normalized spacial score (nSPS) is 10.8. The summed E-state index contributed by atoms with van der Waals surface area (Å²) in [5.74, 6) is -0.992. The molecule has 7 heteroatoms. The van der Waals surface area contributed by atoms with Gasteiger partial charge in [0.15, 0.2) is 5.60 Å². The van der Waals surface area contributed by atoms with Crippen molar-refractivity contribution >= 4 is 17.5 Å². The Morgan fingerprint density at radius 2 is 1.62 bits per heavy atom. The van der Waals surface area contributed by atoms with Gasteiger partial charge in [-0.3, -0.25) is 20.4 Å². The smallest absolute Gasteiger partial charge is 0.281 e. The van der Waals surface area contributed by atoms with Crippen molar-refractivity contribution in [1.29, 1.82) is 0 Å².